The predicted molar refractivity (Wildman–Crippen MR) is 95.3 cm³/mol. The van der Waals surface area contributed by atoms with Crippen LogP contribution in [0.2, 0.25) is 0 Å². The monoisotopic (exact) mass is 314 g/mol. The van der Waals surface area contributed by atoms with E-state index in [2.05, 4.69) is 41.4 Å². The summed E-state index contributed by atoms with van der Waals surface area (Å²) in [6.45, 7) is 5.80. The van der Waals surface area contributed by atoms with Crippen LogP contribution in [0.25, 0.3) is 0 Å². The summed E-state index contributed by atoms with van der Waals surface area (Å²) in [5.41, 5.74) is 2.28. The maximum absolute atomic E-state index is 12.3. The lowest BCUT2D eigenvalue weighted by atomic mass is 9.88. The summed E-state index contributed by atoms with van der Waals surface area (Å²) < 4.78 is 0. The second-order valence-corrected chi connectivity index (χ2v) is 7.48. The Labute approximate surface area is 140 Å². The first-order valence-electron chi connectivity index (χ1n) is 9.33. The molecule has 0 spiro atoms. The van der Waals surface area contributed by atoms with Crippen molar-refractivity contribution in [2.45, 2.75) is 58.4 Å². The molecule has 126 valence electrons. The highest BCUT2D eigenvalue weighted by molar-refractivity contribution is 5.92. The number of hydrogen-bond acceptors (Lipinski definition) is 2. The van der Waals surface area contributed by atoms with Crippen molar-refractivity contribution >= 4 is 11.6 Å². The molecule has 3 nitrogen and oxygen atoms in total. The van der Waals surface area contributed by atoms with Gasteiger partial charge in [0.25, 0.3) is 0 Å². The highest BCUT2D eigenvalue weighted by Crippen LogP contribution is 2.25. The van der Waals surface area contributed by atoms with E-state index in [0.29, 0.717) is 0 Å². The van der Waals surface area contributed by atoms with Gasteiger partial charge in [0.15, 0.2) is 0 Å². The summed E-state index contributed by atoms with van der Waals surface area (Å²) in [6, 6.07) is 8.44. The number of nitrogens with one attached hydrogen (secondary N) is 1. The molecule has 1 N–H and O–H groups in total. The minimum absolute atomic E-state index is 0.211. The maximum Gasteiger partial charge on any atom is 0.227 e. The number of carbonyl (C=O) groups excluding carboxylic acids is 1. The lowest BCUT2D eigenvalue weighted by Gasteiger charge is -2.30. The summed E-state index contributed by atoms with van der Waals surface area (Å²) >= 11 is 0. The Kier molecular flexibility index (Phi) is 5.71. The van der Waals surface area contributed by atoms with E-state index in [4.69, 9.17) is 0 Å². The fraction of sp³-hybridized carbons (Fsp3) is 0.650. The molecule has 1 aromatic rings. The average molecular weight is 314 g/mol. The Hall–Kier alpha value is -1.35. The molecule has 1 saturated carbocycles. The van der Waals surface area contributed by atoms with Crippen LogP contribution in [0.3, 0.4) is 0 Å². The van der Waals surface area contributed by atoms with Gasteiger partial charge in [-0.15, -0.1) is 0 Å². The van der Waals surface area contributed by atoms with Gasteiger partial charge in [0.05, 0.1) is 0 Å². The van der Waals surface area contributed by atoms with Crippen LogP contribution < -0.4 is 5.32 Å². The van der Waals surface area contributed by atoms with Gasteiger partial charge in [-0.05, 0) is 62.4 Å². The number of hydrogen-bond donors (Lipinski definition) is 1. The molecule has 0 aromatic heterocycles. The molecule has 1 saturated heterocycles. The molecule has 23 heavy (non-hydrogen) atoms. The van der Waals surface area contributed by atoms with E-state index in [-0.39, 0.29) is 11.8 Å². The van der Waals surface area contributed by atoms with Crippen molar-refractivity contribution in [3.63, 3.8) is 0 Å². The van der Waals surface area contributed by atoms with Crippen molar-refractivity contribution < 1.29 is 4.79 Å². The number of carbonyl (C=O) groups is 1. The third-order valence-corrected chi connectivity index (χ3v) is 5.48. The first-order chi connectivity index (χ1) is 11.2. The Morgan fingerprint density at radius 2 is 1.70 bits per heavy atom. The van der Waals surface area contributed by atoms with Crippen LogP contribution in [0, 0.1) is 11.8 Å². The minimum atomic E-state index is 0.211. The molecule has 0 radical (unpaired) electrons. The van der Waals surface area contributed by atoms with E-state index < -0.39 is 0 Å². The number of anilines is 1. The zero-order valence-corrected chi connectivity index (χ0v) is 14.4. The quantitative estimate of drug-likeness (QED) is 0.891. The number of nitrogens with zero attached hydrogens (tertiary/aromatic N) is 1. The third-order valence-electron chi connectivity index (χ3n) is 5.48. The fourth-order valence-corrected chi connectivity index (χ4v) is 3.78. The Morgan fingerprint density at radius 3 is 2.35 bits per heavy atom. The van der Waals surface area contributed by atoms with Gasteiger partial charge in [-0.1, -0.05) is 38.3 Å². The van der Waals surface area contributed by atoms with Gasteiger partial charge >= 0.3 is 0 Å². The van der Waals surface area contributed by atoms with E-state index in [9.17, 15) is 4.79 Å². The first kappa shape index (κ1) is 16.5. The van der Waals surface area contributed by atoms with Gasteiger partial charge < -0.3 is 5.32 Å². The number of rotatable bonds is 4. The number of benzene rings is 1. The molecule has 3 rings (SSSR count). The average Bonchev–Trinajstić information content (AvgIpc) is 2.59. The van der Waals surface area contributed by atoms with Crippen LogP contribution in [0.5, 0.6) is 0 Å². The summed E-state index contributed by atoms with van der Waals surface area (Å²) in [5, 5.41) is 3.10. The number of likely N-dealkylation sites (tertiary alicyclic amines) is 1. The smallest absolute Gasteiger partial charge is 0.227 e. The first-order valence-corrected chi connectivity index (χ1v) is 9.33. The molecular formula is C20H30N2O. The lowest BCUT2D eigenvalue weighted by Crippen LogP contribution is -2.32. The van der Waals surface area contributed by atoms with Crippen molar-refractivity contribution in [2.24, 2.45) is 11.8 Å². The SMILES string of the molecule is CC1CCN(Cc2ccc(NC(=O)C3CCCCC3)cc2)CC1. The van der Waals surface area contributed by atoms with E-state index in [1.165, 1.54) is 50.8 Å². The van der Waals surface area contributed by atoms with Crippen LogP contribution in [-0.4, -0.2) is 23.9 Å². The van der Waals surface area contributed by atoms with E-state index in [1.807, 2.05) is 0 Å². The summed E-state index contributed by atoms with van der Waals surface area (Å²) in [6.07, 6.45) is 8.42. The van der Waals surface area contributed by atoms with Gasteiger partial charge in [-0.3, -0.25) is 9.69 Å². The van der Waals surface area contributed by atoms with Gasteiger partial charge in [0.2, 0.25) is 5.91 Å². The Bertz CT molecular complexity index is 497. The van der Waals surface area contributed by atoms with Gasteiger partial charge in [-0.25, -0.2) is 0 Å². The Balaban J connectivity index is 1.49. The predicted octanol–water partition coefficient (Wildman–Crippen LogP) is 4.44. The van der Waals surface area contributed by atoms with Gasteiger partial charge in [0.1, 0.15) is 0 Å². The van der Waals surface area contributed by atoms with Crippen LogP contribution >= 0.6 is 0 Å². The van der Waals surface area contributed by atoms with Crippen molar-refractivity contribution in [2.75, 3.05) is 18.4 Å². The maximum atomic E-state index is 12.3. The third kappa shape index (κ3) is 4.81. The molecular weight excluding hydrogens is 284 g/mol. The van der Waals surface area contributed by atoms with Crippen LogP contribution in [-0.2, 0) is 11.3 Å². The summed E-state index contributed by atoms with van der Waals surface area (Å²) in [4.78, 5) is 14.8. The Morgan fingerprint density at radius 1 is 1.04 bits per heavy atom. The molecule has 1 amide bonds. The van der Waals surface area contributed by atoms with Crippen LogP contribution in [0.1, 0.15) is 57.4 Å². The zero-order valence-electron chi connectivity index (χ0n) is 14.4. The molecule has 1 heterocycles. The molecule has 0 unspecified atom stereocenters. The van der Waals surface area contributed by atoms with Gasteiger partial charge in [-0.2, -0.15) is 0 Å². The lowest BCUT2D eigenvalue weighted by molar-refractivity contribution is -0.120. The topological polar surface area (TPSA) is 32.3 Å². The normalized spacial score (nSPS) is 21.3. The largest absolute Gasteiger partial charge is 0.326 e. The van der Waals surface area contributed by atoms with E-state index in [0.717, 1.165) is 31.0 Å². The highest BCUT2D eigenvalue weighted by atomic mass is 16.1. The molecule has 0 bridgehead atoms. The molecule has 3 heteroatoms. The molecule has 1 aliphatic heterocycles. The van der Waals surface area contributed by atoms with Crippen LogP contribution in [0.4, 0.5) is 5.69 Å². The zero-order chi connectivity index (χ0) is 16.1. The molecule has 1 aromatic carbocycles. The second-order valence-electron chi connectivity index (χ2n) is 7.48. The van der Waals surface area contributed by atoms with Crippen LogP contribution in [0.15, 0.2) is 24.3 Å². The summed E-state index contributed by atoms with van der Waals surface area (Å²) in [5.74, 6) is 1.31. The highest BCUT2D eigenvalue weighted by Gasteiger charge is 2.21. The van der Waals surface area contributed by atoms with Crippen molar-refractivity contribution in [3.8, 4) is 0 Å². The molecule has 2 aliphatic rings. The molecule has 1 aliphatic carbocycles. The molecule has 2 fully saturated rings. The fourth-order valence-electron chi connectivity index (χ4n) is 3.78. The van der Waals surface area contributed by atoms with E-state index >= 15 is 0 Å². The number of piperidine rings is 1. The second kappa shape index (κ2) is 7.96. The van der Waals surface area contributed by atoms with Crippen molar-refractivity contribution in [1.82, 2.24) is 4.90 Å². The standard InChI is InChI=1S/C20H30N2O/c1-16-11-13-22(14-12-16)15-17-7-9-19(10-8-17)21-20(23)18-5-3-2-4-6-18/h7-10,16,18H,2-6,11-15H2,1H3,(H,21,23). The minimum Gasteiger partial charge on any atom is -0.326 e. The van der Waals surface area contributed by atoms with E-state index in [1.54, 1.807) is 0 Å². The van der Waals surface area contributed by atoms with Crippen molar-refractivity contribution in [3.05, 3.63) is 29.8 Å². The summed E-state index contributed by atoms with van der Waals surface area (Å²) in [7, 11) is 0. The molecule has 0 atom stereocenters. The van der Waals surface area contributed by atoms with Crippen molar-refractivity contribution in [1.29, 1.82) is 0 Å². The number of amides is 1. The van der Waals surface area contributed by atoms with Gasteiger partial charge in [0, 0.05) is 18.2 Å².